The van der Waals surface area contributed by atoms with Crippen LogP contribution in [0.1, 0.15) is 17.2 Å². The van der Waals surface area contributed by atoms with Crippen LogP contribution in [0.5, 0.6) is 17.2 Å². The normalized spacial score (nSPS) is 21.4. The Hall–Kier alpha value is -2.29. The van der Waals surface area contributed by atoms with Crippen molar-refractivity contribution in [3.8, 4) is 17.2 Å². The number of rotatable bonds is 5. The van der Waals surface area contributed by atoms with E-state index in [4.69, 9.17) is 14.2 Å². The maximum absolute atomic E-state index is 12.9. The molecule has 8 heteroatoms. The molecule has 0 fully saturated rings. The number of sulfonamides is 1. The van der Waals surface area contributed by atoms with Crippen LogP contribution < -0.4 is 14.2 Å². The van der Waals surface area contributed by atoms with Crippen molar-refractivity contribution in [2.45, 2.75) is 23.5 Å². The van der Waals surface area contributed by atoms with Crippen molar-refractivity contribution in [2.75, 3.05) is 28.4 Å². The van der Waals surface area contributed by atoms with Gasteiger partial charge in [0.15, 0.2) is 11.5 Å². The summed E-state index contributed by atoms with van der Waals surface area (Å²) < 4.78 is 43.1. The minimum absolute atomic E-state index is 0.135. The zero-order valence-electron chi connectivity index (χ0n) is 15.7. The molecule has 1 aliphatic rings. The quantitative estimate of drug-likeness (QED) is 0.836. The number of benzene rings is 2. The second kappa shape index (κ2) is 7.38. The van der Waals surface area contributed by atoms with Gasteiger partial charge in [-0.05, 0) is 24.1 Å². The van der Waals surface area contributed by atoms with E-state index >= 15 is 0 Å². The van der Waals surface area contributed by atoms with E-state index < -0.39 is 22.2 Å². The van der Waals surface area contributed by atoms with Gasteiger partial charge >= 0.3 is 0 Å². The average Bonchev–Trinajstić information content (AvgIpc) is 2.69. The molecule has 0 bridgehead atoms. The Morgan fingerprint density at radius 1 is 1.00 bits per heavy atom. The third-order valence-corrected chi connectivity index (χ3v) is 6.90. The predicted octanol–water partition coefficient (Wildman–Crippen LogP) is 1.99. The van der Waals surface area contributed by atoms with Crippen molar-refractivity contribution in [3.63, 3.8) is 0 Å². The summed E-state index contributed by atoms with van der Waals surface area (Å²) in [5.41, 5.74) is 1.11. The van der Waals surface area contributed by atoms with Crippen LogP contribution in [-0.2, 0) is 16.4 Å². The van der Waals surface area contributed by atoms with Crippen LogP contribution in [0.3, 0.4) is 0 Å². The molecule has 0 aliphatic carbocycles. The third-order valence-electron chi connectivity index (χ3n) is 4.94. The predicted molar refractivity (Wildman–Crippen MR) is 99.9 cm³/mol. The van der Waals surface area contributed by atoms with Gasteiger partial charge in [0, 0.05) is 12.6 Å². The van der Waals surface area contributed by atoms with Crippen LogP contribution >= 0.6 is 0 Å². The van der Waals surface area contributed by atoms with Crippen LogP contribution in [0.4, 0.5) is 0 Å². The molecular formula is C19H23NO6S. The highest BCUT2D eigenvalue weighted by Crippen LogP contribution is 2.43. The maximum Gasteiger partial charge on any atom is 0.243 e. The van der Waals surface area contributed by atoms with Crippen molar-refractivity contribution in [1.82, 2.24) is 4.31 Å². The molecule has 2 atom stereocenters. The minimum Gasteiger partial charge on any atom is -0.493 e. The van der Waals surface area contributed by atoms with Gasteiger partial charge in [0.1, 0.15) is 0 Å². The Bertz CT molecular complexity index is 943. The number of fused-ring (bicyclic) bond motifs is 1. The molecule has 1 aliphatic heterocycles. The summed E-state index contributed by atoms with van der Waals surface area (Å²) in [6, 6.07) is 9.35. The van der Waals surface area contributed by atoms with Gasteiger partial charge in [-0.15, -0.1) is 0 Å². The summed E-state index contributed by atoms with van der Waals surface area (Å²) in [5.74, 6) is 1.39. The molecule has 0 aromatic heterocycles. The lowest BCUT2D eigenvalue weighted by Gasteiger charge is -2.37. The molecule has 1 heterocycles. The van der Waals surface area contributed by atoms with E-state index in [1.54, 1.807) is 30.3 Å². The fraction of sp³-hybridized carbons (Fsp3) is 0.368. The highest BCUT2D eigenvalue weighted by molar-refractivity contribution is 7.89. The molecule has 2 aromatic carbocycles. The SMILES string of the molecule is COc1ccc(C[C@H]2[C@@H](O)c3ccccc3S(=O)(=O)N2C)c(OC)c1OC. The second-order valence-corrected chi connectivity index (χ2v) is 8.23. The number of methoxy groups -OCH3 is 3. The number of nitrogens with zero attached hydrogens (tertiary/aromatic N) is 1. The number of aliphatic hydroxyl groups excluding tert-OH is 1. The van der Waals surface area contributed by atoms with E-state index in [2.05, 4.69) is 0 Å². The Labute approximate surface area is 159 Å². The molecule has 146 valence electrons. The van der Waals surface area contributed by atoms with Crippen LogP contribution in [0, 0.1) is 0 Å². The van der Waals surface area contributed by atoms with E-state index in [0.717, 1.165) is 0 Å². The van der Waals surface area contributed by atoms with Crippen molar-refractivity contribution in [2.24, 2.45) is 0 Å². The van der Waals surface area contributed by atoms with Crippen molar-refractivity contribution >= 4 is 10.0 Å². The maximum atomic E-state index is 12.9. The number of hydrogen-bond acceptors (Lipinski definition) is 6. The lowest BCUT2D eigenvalue weighted by molar-refractivity contribution is 0.0888. The van der Waals surface area contributed by atoms with Gasteiger partial charge in [0.25, 0.3) is 0 Å². The molecule has 0 unspecified atom stereocenters. The first kappa shape index (κ1) is 19.5. The van der Waals surface area contributed by atoms with Crippen LogP contribution in [0.25, 0.3) is 0 Å². The molecule has 27 heavy (non-hydrogen) atoms. The first-order valence-electron chi connectivity index (χ1n) is 8.39. The van der Waals surface area contributed by atoms with Gasteiger partial charge in [-0.3, -0.25) is 0 Å². The molecule has 7 nitrogen and oxygen atoms in total. The molecule has 0 spiro atoms. The van der Waals surface area contributed by atoms with E-state index in [0.29, 0.717) is 28.4 Å². The topological polar surface area (TPSA) is 85.3 Å². The van der Waals surface area contributed by atoms with Crippen molar-refractivity contribution < 1.29 is 27.7 Å². The highest BCUT2D eigenvalue weighted by Gasteiger charge is 2.41. The third kappa shape index (κ3) is 3.13. The lowest BCUT2D eigenvalue weighted by Crippen LogP contribution is -2.46. The Morgan fingerprint density at radius 3 is 2.30 bits per heavy atom. The zero-order chi connectivity index (χ0) is 19.8. The van der Waals surface area contributed by atoms with Gasteiger partial charge in [-0.1, -0.05) is 24.3 Å². The lowest BCUT2D eigenvalue weighted by atomic mass is 9.95. The van der Waals surface area contributed by atoms with E-state index in [9.17, 15) is 13.5 Å². The number of aliphatic hydroxyl groups is 1. The standard InChI is InChI=1S/C19H23NO6S/c1-20-14(17(21)13-7-5-6-8-16(13)27(20,22)23)11-12-9-10-15(24-2)19(26-4)18(12)25-3/h5-10,14,17,21H,11H2,1-4H3/t14-,17-/m0/s1. The minimum atomic E-state index is -3.69. The van der Waals surface area contributed by atoms with Gasteiger partial charge in [0.2, 0.25) is 15.8 Å². The Kier molecular flexibility index (Phi) is 5.32. The first-order chi connectivity index (χ1) is 12.9. The highest BCUT2D eigenvalue weighted by atomic mass is 32.2. The molecule has 2 aromatic rings. The van der Waals surface area contributed by atoms with Gasteiger partial charge < -0.3 is 19.3 Å². The summed E-state index contributed by atoms with van der Waals surface area (Å²) in [4.78, 5) is 0.135. The monoisotopic (exact) mass is 393 g/mol. The van der Waals surface area contributed by atoms with Crippen LogP contribution in [0.15, 0.2) is 41.3 Å². The first-order valence-corrected chi connectivity index (χ1v) is 9.83. The Balaban J connectivity index is 2.06. The fourth-order valence-corrected chi connectivity index (χ4v) is 5.08. The summed E-state index contributed by atoms with van der Waals surface area (Å²) in [7, 11) is 2.33. The molecule has 1 N–H and O–H groups in total. The van der Waals surface area contributed by atoms with Crippen LogP contribution in [-0.4, -0.2) is 52.2 Å². The van der Waals surface area contributed by atoms with Gasteiger partial charge in [-0.25, -0.2) is 8.42 Å². The molecular weight excluding hydrogens is 370 g/mol. The summed E-state index contributed by atoms with van der Waals surface area (Å²) in [5, 5.41) is 10.9. The van der Waals surface area contributed by atoms with Gasteiger partial charge in [0.05, 0.1) is 38.4 Å². The smallest absolute Gasteiger partial charge is 0.243 e. The molecule has 0 radical (unpaired) electrons. The average molecular weight is 393 g/mol. The Morgan fingerprint density at radius 2 is 1.67 bits per heavy atom. The van der Waals surface area contributed by atoms with E-state index in [1.807, 2.05) is 0 Å². The van der Waals surface area contributed by atoms with E-state index in [-0.39, 0.29) is 11.3 Å². The molecule has 0 amide bonds. The van der Waals surface area contributed by atoms with E-state index in [1.165, 1.54) is 38.7 Å². The number of likely N-dealkylation sites (N-methyl/N-ethyl adjacent to an activating group) is 1. The summed E-state index contributed by atoms with van der Waals surface area (Å²) >= 11 is 0. The number of ether oxygens (including phenoxy) is 3. The zero-order valence-corrected chi connectivity index (χ0v) is 16.5. The largest absolute Gasteiger partial charge is 0.493 e. The van der Waals surface area contributed by atoms with Crippen LogP contribution in [0.2, 0.25) is 0 Å². The summed E-state index contributed by atoms with van der Waals surface area (Å²) in [6.07, 6.45) is -0.720. The van der Waals surface area contributed by atoms with Crippen molar-refractivity contribution in [1.29, 1.82) is 0 Å². The summed E-state index contributed by atoms with van der Waals surface area (Å²) in [6.45, 7) is 0. The second-order valence-electron chi connectivity index (χ2n) is 6.27. The molecule has 3 rings (SSSR count). The van der Waals surface area contributed by atoms with Gasteiger partial charge in [-0.2, -0.15) is 4.31 Å². The van der Waals surface area contributed by atoms with Crippen molar-refractivity contribution in [3.05, 3.63) is 47.5 Å². The molecule has 0 saturated carbocycles. The molecule has 0 saturated heterocycles. The number of hydrogen-bond donors (Lipinski definition) is 1. The fourth-order valence-electron chi connectivity index (χ4n) is 3.49.